The monoisotopic (exact) mass is 289 g/mol. The number of rotatable bonds is 6. The number of methoxy groups -OCH3 is 2. The molecule has 1 atom stereocenters. The van der Waals surface area contributed by atoms with Crippen LogP contribution in [-0.2, 0) is 22.5 Å². The average Bonchev–Trinajstić information content (AvgIpc) is 2.99. The number of nitrogens with two attached hydrogens (primary N) is 1. The SMILES string of the molecule is COC(=O)C(N)Cc1ccc(OC)c(Cn2ccnc2)c1. The second kappa shape index (κ2) is 6.90. The summed E-state index contributed by atoms with van der Waals surface area (Å²) in [7, 11) is 2.97. The Bertz CT molecular complexity index is 596. The molecule has 2 aromatic rings. The first-order valence-corrected chi connectivity index (χ1v) is 6.59. The Morgan fingerprint density at radius 2 is 2.24 bits per heavy atom. The van der Waals surface area contributed by atoms with E-state index in [0.717, 1.165) is 16.9 Å². The van der Waals surface area contributed by atoms with Crippen LogP contribution in [0, 0.1) is 0 Å². The maximum absolute atomic E-state index is 11.4. The van der Waals surface area contributed by atoms with Gasteiger partial charge in [-0.25, -0.2) is 4.98 Å². The predicted octanol–water partition coefficient (Wildman–Crippen LogP) is 0.983. The van der Waals surface area contributed by atoms with E-state index in [4.69, 9.17) is 10.5 Å². The summed E-state index contributed by atoms with van der Waals surface area (Å²) < 4.78 is 12.0. The molecular formula is C15H19N3O3. The Hall–Kier alpha value is -2.34. The molecule has 1 heterocycles. The van der Waals surface area contributed by atoms with Gasteiger partial charge in [-0.1, -0.05) is 12.1 Å². The van der Waals surface area contributed by atoms with Crippen LogP contribution in [0.25, 0.3) is 0 Å². The third-order valence-corrected chi connectivity index (χ3v) is 3.22. The third-order valence-electron chi connectivity index (χ3n) is 3.22. The van der Waals surface area contributed by atoms with Crippen molar-refractivity contribution in [2.75, 3.05) is 14.2 Å². The van der Waals surface area contributed by atoms with Crippen molar-refractivity contribution < 1.29 is 14.3 Å². The molecule has 1 aromatic carbocycles. The van der Waals surface area contributed by atoms with Crippen LogP contribution in [-0.4, -0.2) is 35.8 Å². The van der Waals surface area contributed by atoms with E-state index in [9.17, 15) is 4.79 Å². The Kier molecular flexibility index (Phi) is 4.94. The smallest absolute Gasteiger partial charge is 0.322 e. The van der Waals surface area contributed by atoms with Crippen LogP contribution in [0.4, 0.5) is 0 Å². The van der Waals surface area contributed by atoms with Gasteiger partial charge < -0.3 is 19.8 Å². The van der Waals surface area contributed by atoms with Gasteiger partial charge in [-0.05, 0) is 18.1 Å². The summed E-state index contributed by atoms with van der Waals surface area (Å²) in [6.45, 7) is 0.643. The molecule has 0 saturated heterocycles. The Morgan fingerprint density at radius 3 is 2.86 bits per heavy atom. The summed E-state index contributed by atoms with van der Waals surface area (Å²) in [4.78, 5) is 15.4. The number of carbonyl (C=O) groups is 1. The summed E-state index contributed by atoms with van der Waals surface area (Å²) in [5.74, 6) is 0.376. The third kappa shape index (κ3) is 3.82. The zero-order valence-electron chi connectivity index (χ0n) is 12.2. The van der Waals surface area contributed by atoms with Crippen LogP contribution in [0.3, 0.4) is 0 Å². The number of hydrogen-bond acceptors (Lipinski definition) is 5. The lowest BCUT2D eigenvalue weighted by atomic mass is 10.0. The minimum atomic E-state index is -0.663. The highest BCUT2D eigenvalue weighted by Crippen LogP contribution is 2.21. The van der Waals surface area contributed by atoms with E-state index in [0.29, 0.717) is 13.0 Å². The van der Waals surface area contributed by atoms with E-state index in [1.165, 1.54) is 7.11 Å². The summed E-state index contributed by atoms with van der Waals surface area (Å²) in [6, 6.07) is 5.11. The van der Waals surface area contributed by atoms with Gasteiger partial charge in [-0.3, -0.25) is 4.79 Å². The zero-order valence-corrected chi connectivity index (χ0v) is 12.2. The lowest BCUT2D eigenvalue weighted by Crippen LogP contribution is -2.33. The highest BCUT2D eigenvalue weighted by Gasteiger charge is 2.15. The first-order chi connectivity index (χ1) is 10.1. The van der Waals surface area contributed by atoms with Crippen molar-refractivity contribution in [3.05, 3.63) is 48.0 Å². The van der Waals surface area contributed by atoms with Crippen LogP contribution < -0.4 is 10.5 Å². The van der Waals surface area contributed by atoms with E-state index in [2.05, 4.69) is 9.72 Å². The number of imidazole rings is 1. The minimum absolute atomic E-state index is 0.415. The molecule has 6 nitrogen and oxygen atoms in total. The first kappa shape index (κ1) is 15.1. The average molecular weight is 289 g/mol. The number of esters is 1. The highest BCUT2D eigenvalue weighted by molar-refractivity contribution is 5.75. The van der Waals surface area contributed by atoms with E-state index >= 15 is 0 Å². The fraction of sp³-hybridized carbons (Fsp3) is 0.333. The zero-order chi connectivity index (χ0) is 15.2. The molecule has 0 bridgehead atoms. The molecule has 1 unspecified atom stereocenters. The maximum Gasteiger partial charge on any atom is 0.322 e. The van der Waals surface area contributed by atoms with Crippen LogP contribution >= 0.6 is 0 Å². The number of nitrogens with zero attached hydrogens (tertiary/aromatic N) is 2. The van der Waals surface area contributed by atoms with Gasteiger partial charge in [-0.15, -0.1) is 0 Å². The molecule has 6 heteroatoms. The molecule has 0 spiro atoms. The molecule has 0 amide bonds. The molecule has 0 aliphatic heterocycles. The molecule has 2 N–H and O–H groups in total. The molecule has 0 aliphatic rings. The number of hydrogen-bond donors (Lipinski definition) is 1. The normalized spacial score (nSPS) is 12.0. The number of benzene rings is 1. The fourth-order valence-electron chi connectivity index (χ4n) is 2.15. The predicted molar refractivity (Wildman–Crippen MR) is 78.0 cm³/mol. The summed E-state index contributed by atoms with van der Waals surface area (Å²) in [5, 5.41) is 0. The van der Waals surface area contributed by atoms with Gasteiger partial charge in [0.15, 0.2) is 0 Å². The largest absolute Gasteiger partial charge is 0.496 e. The Labute approximate surface area is 123 Å². The number of carbonyl (C=O) groups excluding carboxylic acids is 1. The van der Waals surface area contributed by atoms with E-state index < -0.39 is 12.0 Å². The quantitative estimate of drug-likeness (QED) is 0.802. The Morgan fingerprint density at radius 1 is 1.43 bits per heavy atom. The lowest BCUT2D eigenvalue weighted by molar-refractivity contribution is -0.142. The van der Waals surface area contributed by atoms with Crippen molar-refractivity contribution in [3.8, 4) is 5.75 Å². The Balaban J connectivity index is 2.19. The maximum atomic E-state index is 11.4. The van der Waals surface area contributed by atoms with Gasteiger partial charge in [0, 0.05) is 18.0 Å². The van der Waals surface area contributed by atoms with Crippen molar-refractivity contribution in [2.45, 2.75) is 19.0 Å². The molecule has 2 rings (SSSR count). The van der Waals surface area contributed by atoms with Crippen molar-refractivity contribution in [1.82, 2.24) is 9.55 Å². The van der Waals surface area contributed by atoms with Crippen LogP contribution in [0.1, 0.15) is 11.1 Å². The summed E-state index contributed by atoms with van der Waals surface area (Å²) in [5.41, 5.74) is 7.76. The van der Waals surface area contributed by atoms with Crippen molar-refractivity contribution in [2.24, 2.45) is 5.73 Å². The summed E-state index contributed by atoms with van der Waals surface area (Å²) in [6.07, 6.45) is 5.77. The van der Waals surface area contributed by atoms with Gasteiger partial charge in [-0.2, -0.15) is 0 Å². The summed E-state index contributed by atoms with van der Waals surface area (Å²) >= 11 is 0. The van der Waals surface area contributed by atoms with Crippen molar-refractivity contribution in [3.63, 3.8) is 0 Å². The fourth-order valence-corrected chi connectivity index (χ4v) is 2.15. The molecule has 0 radical (unpaired) electrons. The molecule has 21 heavy (non-hydrogen) atoms. The first-order valence-electron chi connectivity index (χ1n) is 6.59. The second-order valence-corrected chi connectivity index (χ2v) is 4.71. The number of aromatic nitrogens is 2. The van der Waals surface area contributed by atoms with E-state index in [-0.39, 0.29) is 0 Å². The van der Waals surface area contributed by atoms with E-state index in [1.807, 2.05) is 29.0 Å². The molecule has 0 fully saturated rings. The van der Waals surface area contributed by atoms with Gasteiger partial charge >= 0.3 is 5.97 Å². The number of ether oxygens (including phenoxy) is 2. The standard InChI is InChI=1S/C15H19N3O3/c1-20-14-4-3-11(8-13(16)15(19)21-2)7-12(14)9-18-6-5-17-10-18/h3-7,10,13H,8-9,16H2,1-2H3. The lowest BCUT2D eigenvalue weighted by Gasteiger charge is -2.13. The van der Waals surface area contributed by atoms with Gasteiger partial charge in [0.1, 0.15) is 11.8 Å². The highest BCUT2D eigenvalue weighted by atomic mass is 16.5. The van der Waals surface area contributed by atoms with Crippen LogP contribution in [0.15, 0.2) is 36.9 Å². The van der Waals surface area contributed by atoms with Crippen molar-refractivity contribution in [1.29, 1.82) is 0 Å². The molecular weight excluding hydrogens is 270 g/mol. The molecule has 1 aromatic heterocycles. The van der Waals surface area contributed by atoms with Crippen molar-refractivity contribution >= 4 is 5.97 Å². The van der Waals surface area contributed by atoms with Gasteiger partial charge in [0.25, 0.3) is 0 Å². The molecule has 112 valence electrons. The van der Waals surface area contributed by atoms with Gasteiger partial charge in [0.05, 0.1) is 27.1 Å². The minimum Gasteiger partial charge on any atom is -0.496 e. The van der Waals surface area contributed by atoms with Gasteiger partial charge in [0.2, 0.25) is 0 Å². The second-order valence-electron chi connectivity index (χ2n) is 4.71. The molecule has 0 aliphatic carbocycles. The van der Waals surface area contributed by atoms with Crippen LogP contribution in [0.2, 0.25) is 0 Å². The molecule has 0 saturated carbocycles. The van der Waals surface area contributed by atoms with Crippen LogP contribution in [0.5, 0.6) is 5.75 Å². The van der Waals surface area contributed by atoms with E-state index in [1.54, 1.807) is 19.6 Å². The topological polar surface area (TPSA) is 79.4 Å².